The Labute approximate surface area is 114 Å². The average molecular weight is 259 g/mol. The van der Waals surface area contributed by atoms with Crippen molar-refractivity contribution in [1.29, 1.82) is 0 Å². The summed E-state index contributed by atoms with van der Waals surface area (Å²) in [5, 5.41) is 5.75. The van der Waals surface area contributed by atoms with E-state index in [4.69, 9.17) is 0 Å². The summed E-state index contributed by atoms with van der Waals surface area (Å²) < 4.78 is 0. The molecule has 2 heteroatoms. The number of hydrogen-bond donors (Lipinski definition) is 1. The largest absolute Gasteiger partial charge is 0.310 e. The summed E-state index contributed by atoms with van der Waals surface area (Å²) in [5.74, 6) is 0. The molecule has 1 atom stereocenters. The molecule has 0 amide bonds. The van der Waals surface area contributed by atoms with Crippen LogP contribution in [0.1, 0.15) is 35.4 Å². The molecule has 96 valence electrons. The Morgan fingerprint density at radius 2 is 2.11 bits per heavy atom. The second kappa shape index (κ2) is 6.72. The molecule has 0 saturated carbocycles. The van der Waals surface area contributed by atoms with E-state index in [0.717, 1.165) is 19.4 Å². The zero-order valence-electron chi connectivity index (χ0n) is 11.1. The van der Waals surface area contributed by atoms with Gasteiger partial charge in [-0.1, -0.05) is 42.8 Å². The van der Waals surface area contributed by atoms with Crippen molar-refractivity contribution in [2.45, 2.75) is 32.7 Å². The summed E-state index contributed by atoms with van der Waals surface area (Å²) >= 11 is 1.85. The molecule has 18 heavy (non-hydrogen) atoms. The molecule has 0 aliphatic carbocycles. The van der Waals surface area contributed by atoms with Gasteiger partial charge in [0.15, 0.2) is 0 Å². The van der Waals surface area contributed by atoms with Crippen LogP contribution in [0.3, 0.4) is 0 Å². The lowest BCUT2D eigenvalue weighted by atomic mass is 10.00. The van der Waals surface area contributed by atoms with Gasteiger partial charge in [-0.3, -0.25) is 0 Å². The van der Waals surface area contributed by atoms with Gasteiger partial charge in [0.25, 0.3) is 0 Å². The van der Waals surface area contributed by atoms with Gasteiger partial charge in [0.05, 0.1) is 0 Å². The minimum atomic E-state index is 0.469. The van der Waals surface area contributed by atoms with Crippen molar-refractivity contribution in [3.63, 3.8) is 0 Å². The van der Waals surface area contributed by atoms with Crippen LogP contribution in [0.4, 0.5) is 0 Å². The molecule has 0 saturated heterocycles. The Bertz CT molecular complexity index is 462. The number of thiophene rings is 1. The second-order valence-corrected chi connectivity index (χ2v) is 5.67. The fourth-order valence-electron chi connectivity index (χ4n) is 2.26. The number of nitrogens with one attached hydrogen (secondary N) is 1. The highest BCUT2D eigenvalue weighted by Gasteiger charge is 2.10. The molecule has 1 nitrogen and oxygen atoms in total. The first-order valence-corrected chi connectivity index (χ1v) is 7.50. The number of rotatable bonds is 6. The van der Waals surface area contributed by atoms with Crippen molar-refractivity contribution in [3.8, 4) is 0 Å². The molecule has 2 aromatic rings. The molecule has 1 aromatic heterocycles. The van der Waals surface area contributed by atoms with E-state index in [2.05, 4.69) is 60.9 Å². The van der Waals surface area contributed by atoms with E-state index in [1.54, 1.807) is 0 Å². The molecule has 2 rings (SSSR count). The summed E-state index contributed by atoms with van der Waals surface area (Å²) in [6.45, 7) is 5.35. The maximum Gasteiger partial charge on any atom is 0.0323 e. The number of hydrogen-bond acceptors (Lipinski definition) is 2. The van der Waals surface area contributed by atoms with E-state index in [1.807, 2.05) is 11.3 Å². The molecule has 0 bridgehead atoms. The van der Waals surface area contributed by atoms with Crippen LogP contribution in [0.25, 0.3) is 0 Å². The van der Waals surface area contributed by atoms with Crippen molar-refractivity contribution in [1.82, 2.24) is 5.32 Å². The topological polar surface area (TPSA) is 12.0 Å². The highest BCUT2D eigenvalue weighted by Crippen LogP contribution is 2.21. The normalized spacial score (nSPS) is 12.6. The fraction of sp³-hybridized carbons (Fsp3) is 0.375. The fourth-order valence-corrected chi connectivity index (χ4v) is 2.99. The van der Waals surface area contributed by atoms with E-state index >= 15 is 0 Å². The van der Waals surface area contributed by atoms with Crippen LogP contribution in [-0.2, 0) is 6.42 Å². The van der Waals surface area contributed by atoms with Crippen molar-refractivity contribution in [3.05, 3.63) is 57.8 Å². The van der Waals surface area contributed by atoms with Crippen molar-refractivity contribution in [2.75, 3.05) is 6.54 Å². The lowest BCUT2D eigenvalue weighted by molar-refractivity contribution is 0.517. The highest BCUT2D eigenvalue weighted by atomic mass is 32.1. The molecule has 0 radical (unpaired) electrons. The Balaban J connectivity index is 2.03. The first kappa shape index (κ1) is 13.3. The second-order valence-electron chi connectivity index (χ2n) is 4.64. The summed E-state index contributed by atoms with van der Waals surface area (Å²) in [6.07, 6.45) is 2.32. The third kappa shape index (κ3) is 3.69. The average Bonchev–Trinajstić information content (AvgIpc) is 2.87. The van der Waals surface area contributed by atoms with Gasteiger partial charge in [0.2, 0.25) is 0 Å². The van der Waals surface area contributed by atoms with Crippen LogP contribution < -0.4 is 5.32 Å². The predicted octanol–water partition coefficient (Wildman–Crippen LogP) is 4.34. The number of aryl methyl sites for hydroxylation is 2. The Morgan fingerprint density at radius 3 is 2.78 bits per heavy atom. The van der Waals surface area contributed by atoms with Crippen molar-refractivity contribution >= 4 is 11.3 Å². The maximum atomic E-state index is 3.59. The van der Waals surface area contributed by atoms with E-state index in [0.29, 0.717) is 6.04 Å². The Morgan fingerprint density at radius 1 is 1.22 bits per heavy atom. The first-order chi connectivity index (χ1) is 8.79. The molecule has 1 heterocycles. The molecule has 0 aliphatic rings. The molecular weight excluding hydrogens is 238 g/mol. The minimum Gasteiger partial charge on any atom is -0.310 e. The zero-order chi connectivity index (χ0) is 12.8. The van der Waals surface area contributed by atoms with Crippen LogP contribution in [0, 0.1) is 6.92 Å². The van der Waals surface area contributed by atoms with Crippen LogP contribution in [0.15, 0.2) is 41.8 Å². The Kier molecular flexibility index (Phi) is 4.97. The van der Waals surface area contributed by atoms with Crippen LogP contribution >= 0.6 is 11.3 Å². The minimum absolute atomic E-state index is 0.469. The van der Waals surface area contributed by atoms with Crippen LogP contribution in [-0.4, -0.2) is 6.54 Å². The van der Waals surface area contributed by atoms with Gasteiger partial charge in [-0.2, -0.15) is 0 Å². The van der Waals surface area contributed by atoms with E-state index in [-0.39, 0.29) is 0 Å². The first-order valence-electron chi connectivity index (χ1n) is 6.62. The van der Waals surface area contributed by atoms with Gasteiger partial charge in [0, 0.05) is 10.9 Å². The third-order valence-corrected chi connectivity index (χ3v) is 4.09. The predicted molar refractivity (Wildman–Crippen MR) is 80.2 cm³/mol. The van der Waals surface area contributed by atoms with Gasteiger partial charge in [-0.05, 0) is 43.3 Å². The third-order valence-electron chi connectivity index (χ3n) is 3.15. The van der Waals surface area contributed by atoms with Gasteiger partial charge in [-0.25, -0.2) is 0 Å². The lowest BCUT2D eigenvalue weighted by Gasteiger charge is -2.18. The smallest absolute Gasteiger partial charge is 0.0323 e. The van der Waals surface area contributed by atoms with E-state index in [9.17, 15) is 0 Å². The van der Waals surface area contributed by atoms with Gasteiger partial charge in [0.1, 0.15) is 0 Å². The molecule has 0 aliphatic heterocycles. The monoisotopic (exact) mass is 259 g/mol. The quantitative estimate of drug-likeness (QED) is 0.813. The summed E-state index contributed by atoms with van der Waals surface area (Å²) in [7, 11) is 0. The van der Waals surface area contributed by atoms with Crippen LogP contribution in [0.5, 0.6) is 0 Å². The zero-order valence-corrected chi connectivity index (χ0v) is 12.0. The standard InChI is InChI=1S/C16H21NS/c1-3-17-16(10-9-15-8-5-11-18-15)14-7-4-6-13(2)12-14/h4-8,11-12,16-17H,3,9-10H2,1-2H3. The van der Waals surface area contributed by atoms with Gasteiger partial charge >= 0.3 is 0 Å². The van der Waals surface area contributed by atoms with Crippen molar-refractivity contribution < 1.29 is 0 Å². The van der Waals surface area contributed by atoms with Gasteiger partial charge < -0.3 is 5.32 Å². The Hall–Kier alpha value is -1.12. The molecule has 0 fully saturated rings. The highest BCUT2D eigenvalue weighted by molar-refractivity contribution is 7.09. The van der Waals surface area contributed by atoms with Gasteiger partial charge in [-0.15, -0.1) is 11.3 Å². The molecule has 1 unspecified atom stereocenters. The summed E-state index contributed by atoms with van der Waals surface area (Å²) in [6, 6.07) is 13.7. The summed E-state index contributed by atoms with van der Waals surface area (Å²) in [5.41, 5.74) is 2.75. The SMILES string of the molecule is CCNC(CCc1cccs1)c1cccc(C)c1. The van der Waals surface area contributed by atoms with Crippen molar-refractivity contribution in [2.24, 2.45) is 0 Å². The maximum absolute atomic E-state index is 3.59. The molecule has 0 spiro atoms. The van der Waals surface area contributed by atoms with E-state index in [1.165, 1.54) is 16.0 Å². The molecule has 1 aromatic carbocycles. The molecule has 1 N–H and O–H groups in total. The number of benzene rings is 1. The summed E-state index contributed by atoms with van der Waals surface area (Å²) in [4.78, 5) is 1.48. The lowest BCUT2D eigenvalue weighted by Crippen LogP contribution is -2.21. The molecular formula is C16H21NS. The van der Waals surface area contributed by atoms with Crippen LogP contribution in [0.2, 0.25) is 0 Å². The van der Waals surface area contributed by atoms with E-state index < -0.39 is 0 Å².